The maximum atomic E-state index is 9.11. The summed E-state index contributed by atoms with van der Waals surface area (Å²) in [4.78, 5) is 5.20. The highest BCUT2D eigenvalue weighted by Gasteiger charge is 2.45. The molecule has 3 heterocycles. The van der Waals surface area contributed by atoms with Crippen LogP contribution >= 0.6 is 0 Å². The Morgan fingerprint density at radius 1 is 1.19 bits per heavy atom. The van der Waals surface area contributed by atoms with E-state index in [1.807, 2.05) is 4.68 Å². The van der Waals surface area contributed by atoms with Crippen molar-refractivity contribution in [3.63, 3.8) is 0 Å². The van der Waals surface area contributed by atoms with Gasteiger partial charge in [-0.25, -0.2) is 0 Å². The minimum Gasteiger partial charge on any atom is -0.394 e. The topological polar surface area (TPSA) is 44.5 Å². The molecule has 0 saturated carbocycles. The number of rotatable bonds is 5. The van der Waals surface area contributed by atoms with E-state index in [1.165, 1.54) is 36.9 Å². The van der Waals surface area contributed by atoms with Crippen LogP contribution in [0.3, 0.4) is 0 Å². The zero-order chi connectivity index (χ0) is 18.9. The minimum absolute atomic E-state index is 0.141. The van der Waals surface area contributed by atoms with Crippen LogP contribution in [0.1, 0.15) is 42.0 Å². The molecule has 5 nitrogen and oxygen atoms in total. The maximum Gasteiger partial charge on any atom is 0.0641 e. The number of likely N-dealkylation sites (tertiary alicyclic amines) is 2. The molecular weight excluding hydrogens is 336 g/mol. The molecule has 2 saturated heterocycles. The SMILES string of the molecule is Cc1nn(CCO)cc1CN1CCC2(CC1)C[C@H](c1ccccc1)CN2C. The van der Waals surface area contributed by atoms with Crippen molar-refractivity contribution in [1.29, 1.82) is 0 Å². The molecule has 2 aliphatic rings. The quantitative estimate of drug-likeness (QED) is 0.881. The van der Waals surface area contributed by atoms with Gasteiger partial charge in [-0.2, -0.15) is 5.10 Å². The number of nitrogens with zero attached hydrogens (tertiary/aromatic N) is 4. The first kappa shape index (κ1) is 18.7. The Balaban J connectivity index is 1.37. The van der Waals surface area contributed by atoms with E-state index in [2.05, 4.69) is 65.4 Å². The van der Waals surface area contributed by atoms with Gasteiger partial charge in [0.15, 0.2) is 0 Å². The lowest BCUT2D eigenvalue weighted by atomic mass is 9.81. The van der Waals surface area contributed by atoms with Gasteiger partial charge in [0.05, 0.1) is 18.8 Å². The Morgan fingerprint density at radius 3 is 2.63 bits per heavy atom. The lowest BCUT2D eigenvalue weighted by Gasteiger charge is -2.43. The second-order valence-electron chi connectivity index (χ2n) is 8.42. The van der Waals surface area contributed by atoms with E-state index in [0.717, 1.165) is 25.3 Å². The lowest BCUT2D eigenvalue weighted by molar-refractivity contribution is 0.0672. The lowest BCUT2D eigenvalue weighted by Crippen LogP contribution is -2.50. The van der Waals surface area contributed by atoms with Crippen molar-refractivity contribution in [1.82, 2.24) is 19.6 Å². The summed E-state index contributed by atoms with van der Waals surface area (Å²) in [5.74, 6) is 0.668. The van der Waals surface area contributed by atoms with E-state index in [0.29, 0.717) is 18.0 Å². The van der Waals surface area contributed by atoms with E-state index in [-0.39, 0.29) is 6.61 Å². The first-order chi connectivity index (χ1) is 13.1. The van der Waals surface area contributed by atoms with Gasteiger partial charge in [-0.3, -0.25) is 14.5 Å². The molecule has 0 aliphatic carbocycles. The number of aromatic nitrogens is 2. The number of likely N-dealkylation sites (N-methyl/N-ethyl adjacent to an activating group) is 1. The van der Waals surface area contributed by atoms with Gasteiger partial charge < -0.3 is 5.11 Å². The molecule has 1 N–H and O–H groups in total. The van der Waals surface area contributed by atoms with Gasteiger partial charge in [0, 0.05) is 43.5 Å². The Hall–Kier alpha value is -1.69. The fraction of sp³-hybridized carbons (Fsp3) is 0.591. The molecular formula is C22H32N4O. The van der Waals surface area contributed by atoms with Crippen LogP contribution in [0.2, 0.25) is 0 Å². The van der Waals surface area contributed by atoms with Crippen molar-refractivity contribution in [3.8, 4) is 0 Å². The first-order valence-electron chi connectivity index (χ1n) is 10.2. The summed E-state index contributed by atoms with van der Waals surface area (Å²) >= 11 is 0. The van der Waals surface area contributed by atoms with Crippen LogP contribution in [0, 0.1) is 6.92 Å². The molecule has 1 atom stereocenters. The van der Waals surface area contributed by atoms with Crippen LogP contribution in [0.25, 0.3) is 0 Å². The summed E-state index contributed by atoms with van der Waals surface area (Å²) in [7, 11) is 2.32. The average molecular weight is 369 g/mol. The van der Waals surface area contributed by atoms with Gasteiger partial charge in [0.2, 0.25) is 0 Å². The maximum absolute atomic E-state index is 9.11. The van der Waals surface area contributed by atoms with E-state index in [1.54, 1.807) is 0 Å². The van der Waals surface area contributed by atoms with Crippen LogP contribution in [-0.2, 0) is 13.1 Å². The Kier molecular flexibility index (Phi) is 5.35. The standard InChI is InChI=1S/C22H32N4O/c1-18-21(17-26(23-18)12-13-27)16-25-10-8-22(9-11-25)14-20(15-24(22)2)19-6-4-3-5-7-19/h3-7,17,20,27H,8-16H2,1-2H3/t20-/m0/s1. The van der Waals surface area contributed by atoms with E-state index >= 15 is 0 Å². The highest BCUT2D eigenvalue weighted by molar-refractivity contribution is 5.23. The summed E-state index contributed by atoms with van der Waals surface area (Å²) in [6.07, 6.45) is 5.88. The Bertz CT molecular complexity index is 749. The third-order valence-corrected chi connectivity index (χ3v) is 6.76. The molecule has 1 spiro atoms. The fourth-order valence-corrected chi connectivity index (χ4v) is 5.04. The van der Waals surface area contributed by atoms with Crippen LogP contribution in [0.4, 0.5) is 0 Å². The Labute approximate surface area is 162 Å². The zero-order valence-corrected chi connectivity index (χ0v) is 16.6. The number of aryl methyl sites for hydroxylation is 1. The van der Waals surface area contributed by atoms with E-state index in [9.17, 15) is 0 Å². The predicted octanol–water partition coefficient (Wildman–Crippen LogP) is 2.64. The van der Waals surface area contributed by atoms with Crippen molar-refractivity contribution in [3.05, 3.63) is 53.3 Å². The number of hydrogen-bond donors (Lipinski definition) is 1. The molecule has 1 aromatic carbocycles. The molecule has 2 aliphatic heterocycles. The van der Waals surface area contributed by atoms with Crippen molar-refractivity contribution in [2.75, 3.05) is 33.3 Å². The third-order valence-electron chi connectivity index (χ3n) is 6.76. The largest absolute Gasteiger partial charge is 0.394 e. The third kappa shape index (κ3) is 3.82. The summed E-state index contributed by atoms with van der Waals surface area (Å²) in [5, 5.41) is 13.6. The number of hydrogen-bond acceptors (Lipinski definition) is 4. The summed E-state index contributed by atoms with van der Waals surface area (Å²) in [5.41, 5.74) is 4.25. The predicted molar refractivity (Wildman–Crippen MR) is 108 cm³/mol. The van der Waals surface area contributed by atoms with Gasteiger partial charge in [0.1, 0.15) is 0 Å². The van der Waals surface area contributed by atoms with Crippen molar-refractivity contribution >= 4 is 0 Å². The average Bonchev–Trinajstić information content (AvgIpc) is 3.18. The minimum atomic E-state index is 0.141. The Morgan fingerprint density at radius 2 is 1.93 bits per heavy atom. The monoisotopic (exact) mass is 368 g/mol. The normalized spacial score (nSPS) is 23.3. The molecule has 0 amide bonds. The number of piperidine rings is 1. The molecule has 1 aromatic heterocycles. The molecule has 0 unspecified atom stereocenters. The first-order valence-corrected chi connectivity index (χ1v) is 10.2. The van der Waals surface area contributed by atoms with Gasteiger partial charge >= 0.3 is 0 Å². The van der Waals surface area contributed by atoms with Gasteiger partial charge in [-0.05, 0) is 44.7 Å². The zero-order valence-electron chi connectivity index (χ0n) is 16.6. The highest BCUT2D eigenvalue weighted by Crippen LogP contribution is 2.44. The van der Waals surface area contributed by atoms with Crippen molar-refractivity contribution in [2.24, 2.45) is 0 Å². The molecule has 2 fully saturated rings. The molecule has 5 heteroatoms. The summed E-state index contributed by atoms with van der Waals surface area (Å²) < 4.78 is 1.87. The fourth-order valence-electron chi connectivity index (χ4n) is 5.04. The molecule has 27 heavy (non-hydrogen) atoms. The number of aliphatic hydroxyl groups is 1. The second kappa shape index (κ2) is 7.74. The van der Waals surface area contributed by atoms with Gasteiger partial charge in [-0.15, -0.1) is 0 Å². The van der Waals surface area contributed by atoms with E-state index < -0.39 is 0 Å². The van der Waals surface area contributed by atoms with Crippen LogP contribution in [-0.4, -0.2) is 63.5 Å². The summed E-state index contributed by atoms with van der Waals surface area (Å²) in [6, 6.07) is 11.0. The van der Waals surface area contributed by atoms with Crippen LogP contribution in [0.15, 0.2) is 36.5 Å². The number of benzene rings is 1. The van der Waals surface area contributed by atoms with Crippen LogP contribution < -0.4 is 0 Å². The second-order valence-corrected chi connectivity index (χ2v) is 8.42. The van der Waals surface area contributed by atoms with Gasteiger partial charge in [0.25, 0.3) is 0 Å². The highest BCUT2D eigenvalue weighted by atomic mass is 16.3. The van der Waals surface area contributed by atoms with Crippen LogP contribution in [0.5, 0.6) is 0 Å². The van der Waals surface area contributed by atoms with Crippen molar-refractivity contribution < 1.29 is 5.11 Å². The molecule has 146 valence electrons. The summed E-state index contributed by atoms with van der Waals surface area (Å²) in [6.45, 7) is 7.24. The van der Waals surface area contributed by atoms with Crippen molar-refractivity contribution in [2.45, 2.75) is 50.7 Å². The molecule has 0 radical (unpaired) electrons. The molecule has 0 bridgehead atoms. The smallest absolute Gasteiger partial charge is 0.0641 e. The van der Waals surface area contributed by atoms with Gasteiger partial charge in [-0.1, -0.05) is 30.3 Å². The molecule has 2 aromatic rings. The molecule has 4 rings (SSSR count). The van der Waals surface area contributed by atoms with E-state index in [4.69, 9.17) is 5.11 Å². The number of aliphatic hydroxyl groups excluding tert-OH is 1.